The third-order valence-corrected chi connectivity index (χ3v) is 2.65. The molecule has 80 valence electrons. The van der Waals surface area contributed by atoms with E-state index in [9.17, 15) is 4.79 Å². The highest BCUT2D eigenvalue weighted by molar-refractivity contribution is 6.02. The lowest BCUT2D eigenvalue weighted by Crippen LogP contribution is -2.00. The lowest BCUT2D eigenvalue weighted by molar-refractivity contribution is 0.566. The second kappa shape index (κ2) is 2.95. The summed E-state index contributed by atoms with van der Waals surface area (Å²) in [6.07, 6.45) is 1.84. The molecule has 2 aromatic heterocycles. The molecule has 4 nitrogen and oxygen atoms in total. The summed E-state index contributed by atoms with van der Waals surface area (Å²) >= 11 is 0. The molecule has 1 aromatic carbocycles. The Balaban J connectivity index is 2.63. The van der Waals surface area contributed by atoms with Crippen molar-refractivity contribution in [2.24, 2.45) is 7.05 Å². The molecule has 0 N–H and O–H groups in total. The van der Waals surface area contributed by atoms with Gasteiger partial charge in [-0.2, -0.15) is 5.10 Å². The van der Waals surface area contributed by atoms with Crippen LogP contribution < -0.4 is 5.63 Å². The zero-order chi connectivity index (χ0) is 11.3. The van der Waals surface area contributed by atoms with Crippen molar-refractivity contribution >= 4 is 21.9 Å². The van der Waals surface area contributed by atoms with Crippen LogP contribution in [0.2, 0.25) is 0 Å². The standard InChI is InChI=1S/C12H10N2O2/c1-7-3-4-8-9-6-14(2)13-11(9)12(15)16-10(8)5-7/h3-6H,1-2H3. The Morgan fingerprint density at radius 3 is 2.94 bits per heavy atom. The molecular weight excluding hydrogens is 204 g/mol. The number of aromatic nitrogens is 2. The average Bonchev–Trinajstić information content (AvgIpc) is 2.60. The SMILES string of the molecule is Cc1ccc2c(c1)oc(=O)c1nn(C)cc12. The highest BCUT2D eigenvalue weighted by Crippen LogP contribution is 2.22. The lowest BCUT2D eigenvalue weighted by atomic mass is 10.1. The minimum atomic E-state index is -0.381. The van der Waals surface area contributed by atoms with Gasteiger partial charge < -0.3 is 4.42 Å². The van der Waals surface area contributed by atoms with Crippen LogP contribution in [0.3, 0.4) is 0 Å². The van der Waals surface area contributed by atoms with E-state index in [1.54, 1.807) is 11.7 Å². The average molecular weight is 214 g/mol. The molecule has 0 radical (unpaired) electrons. The maximum atomic E-state index is 11.7. The topological polar surface area (TPSA) is 48.0 Å². The van der Waals surface area contributed by atoms with Crippen LogP contribution in [0.1, 0.15) is 5.56 Å². The summed E-state index contributed by atoms with van der Waals surface area (Å²) in [5, 5.41) is 5.86. The lowest BCUT2D eigenvalue weighted by Gasteiger charge is -1.98. The number of aryl methyl sites for hydroxylation is 2. The number of hydrogen-bond acceptors (Lipinski definition) is 3. The second-order valence-corrected chi connectivity index (χ2v) is 3.95. The van der Waals surface area contributed by atoms with Gasteiger partial charge in [-0.25, -0.2) is 4.79 Å². The van der Waals surface area contributed by atoms with Crippen LogP contribution in [0, 0.1) is 6.92 Å². The molecular formula is C12H10N2O2. The third-order valence-electron chi connectivity index (χ3n) is 2.65. The third kappa shape index (κ3) is 1.16. The van der Waals surface area contributed by atoms with E-state index >= 15 is 0 Å². The molecule has 0 aliphatic heterocycles. The molecule has 0 amide bonds. The molecule has 0 fully saturated rings. The Bertz CT molecular complexity index is 753. The van der Waals surface area contributed by atoms with Crippen LogP contribution in [-0.2, 0) is 7.05 Å². The zero-order valence-electron chi connectivity index (χ0n) is 9.02. The van der Waals surface area contributed by atoms with Crippen molar-refractivity contribution < 1.29 is 4.42 Å². The van der Waals surface area contributed by atoms with Crippen LogP contribution in [0.15, 0.2) is 33.6 Å². The fourth-order valence-electron chi connectivity index (χ4n) is 1.92. The summed E-state index contributed by atoms with van der Waals surface area (Å²) in [5.41, 5.74) is 1.69. The predicted molar refractivity (Wildman–Crippen MR) is 61.5 cm³/mol. The van der Waals surface area contributed by atoms with Gasteiger partial charge in [0.1, 0.15) is 5.58 Å². The number of hydrogen-bond donors (Lipinski definition) is 0. The highest BCUT2D eigenvalue weighted by Gasteiger charge is 2.10. The summed E-state index contributed by atoms with van der Waals surface area (Å²) in [6, 6.07) is 5.82. The maximum absolute atomic E-state index is 11.7. The van der Waals surface area contributed by atoms with E-state index in [-0.39, 0.29) is 5.63 Å². The van der Waals surface area contributed by atoms with Gasteiger partial charge in [-0.3, -0.25) is 4.68 Å². The summed E-state index contributed by atoms with van der Waals surface area (Å²) < 4.78 is 6.86. The largest absolute Gasteiger partial charge is 0.421 e. The summed E-state index contributed by atoms with van der Waals surface area (Å²) in [7, 11) is 1.79. The molecule has 0 unspecified atom stereocenters. The Hall–Kier alpha value is -2.10. The maximum Gasteiger partial charge on any atom is 0.364 e. The first kappa shape index (κ1) is 9.15. The monoisotopic (exact) mass is 214 g/mol. The Morgan fingerprint density at radius 1 is 1.31 bits per heavy atom. The van der Waals surface area contributed by atoms with E-state index < -0.39 is 0 Å². The van der Waals surface area contributed by atoms with Gasteiger partial charge in [0.15, 0.2) is 5.52 Å². The van der Waals surface area contributed by atoms with E-state index in [1.165, 1.54) is 0 Å². The van der Waals surface area contributed by atoms with Crippen LogP contribution in [0.4, 0.5) is 0 Å². The quantitative estimate of drug-likeness (QED) is 0.538. The molecule has 3 rings (SSSR count). The van der Waals surface area contributed by atoms with Crippen molar-refractivity contribution in [3.63, 3.8) is 0 Å². The second-order valence-electron chi connectivity index (χ2n) is 3.95. The molecule has 0 aliphatic rings. The number of fused-ring (bicyclic) bond motifs is 3. The van der Waals surface area contributed by atoms with Gasteiger partial charge in [0.05, 0.1) is 0 Å². The van der Waals surface area contributed by atoms with Crippen molar-refractivity contribution in [2.75, 3.05) is 0 Å². The van der Waals surface area contributed by atoms with Crippen molar-refractivity contribution in [1.82, 2.24) is 9.78 Å². The number of nitrogens with zero attached hydrogens (tertiary/aromatic N) is 2. The Morgan fingerprint density at radius 2 is 2.12 bits per heavy atom. The molecule has 0 saturated carbocycles. The van der Waals surface area contributed by atoms with Crippen LogP contribution in [-0.4, -0.2) is 9.78 Å². The van der Waals surface area contributed by atoms with Gasteiger partial charge in [0.25, 0.3) is 0 Å². The molecule has 0 bridgehead atoms. The fourth-order valence-corrected chi connectivity index (χ4v) is 1.92. The molecule has 0 atom stereocenters. The first-order valence-electron chi connectivity index (χ1n) is 5.02. The Labute approximate surface area is 91.1 Å². The minimum absolute atomic E-state index is 0.381. The zero-order valence-corrected chi connectivity index (χ0v) is 9.02. The highest BCUT2D eigenvalue weighted by atomic mass is 16.4. The first-order valence-corrected chi connectivity index (χ1v) is 5.02. The molecule has 0 aliphatic carbocycles. The summed E-state index contributed by atoms with van der Waals surface area (Å²) in [5.74, 6) is 0. The predicted octanol–water partition coefficient (Wildman–Crippen LogP) is 1.99. The van der Waals surface area contributed by atoms with Gasteiger partial charge in [-0.05, 0) is 18.6 Å². The van der Waals surface area contributed by atoms with Gasteiger partial charge in [0, 0.05) is 24.0 Å². The smallest absolute Gasteiger partial charge is 0.364 e. The molecule has 16 heavy (non-hydrogen) atoms. The van der Waals surface area contributed by atoms with E-state index in [0.29, 0.717) is 11.1 Å². The normalized spacial score (nSPS) is 11.4. The van der Waals surface area contributed by atoms with E-state index in [4.69, 9.17) is 4.42 Å². The van der Waals surface area contributed by atoms with Gasteiger partial charge >= 0.3 is 5.63 Å². The van der Waals surface area contributed by atoms with Crippen molar-refractivity contribution in [2.45, 2.75) is 6.92 Å². The molecule has 3 aromatic rings. The molecule has 2 heterocycles. The van der Waals surface area contributed by atoms with Crippen LogP contribution >= 0.6 is 0 Å². The molecule has 0 saturated heterocycles. The molecule has 4 heteroatoms. The number of benzene rings is 1. The summed E-state index contributed by atoms with van der Waals surface area (Å²) in [4.78, 5) is 11.7. The summed E-state index contributed by atoms with van der Waals surface area (Å²) in [6.45, 7) is 1.97. The van der Waals surface area contributed by atoms with Crippen molar-refractivity contribution in [3.8, 4) is 0 Å². The number of rotatable bonds is 0. The van der Waals surface area contributed by atoms with Gasteiger partial charge in [0.2, 0.25) is 0 Å². The Kier molecular flexibility index (Phi) is 1.68. The van der Waals surface area contributed by atoms with E-state index in [2.05, 4.69) is 5.10 Å². The van der Waals surface area contributed by atoms with Crippen LogP contribution in [0.25, 0.3) is 21.9 Å². The first-order chi connectivity index (χ1) is 7.65. The van der Waals surface area contributed by atoms with E-state index in [1.807, 2.05) is 31.3 Å². The fraction of sp³-hybridized carbons (Fsp3) is 0.167. The van der Waals surface area contributed by atoms with Crippen LogP contribution in [0.5, 0.6) is 0 Å². The molecule has 0 spiro atoms. The van der Waals surface area contributed by atoms with Crippen molar-refractivity contribution in [3.05, 3.63) is 40.4 Å². The van der Waals surface area contributed by atoms with Crippen molar-refractivity contribution in [1.29, 1.82) is 0 Å². The van der Waals surface area contributed by atoms with E-state index in [0.717, 1.165) is 16.3 Å². The van der Waals surface area contributed by atoms with Gasteiger partial charge in [-0.1, -0.05) is 12.1 Å². The van der Waals surface area contributed by atoms with Gasteiger partial charge in [-0.15, -0.1) is 0 Å². The minimum Gasteiger partial charge on any atom is -0.421 e.